The van der Waals surface area contributed by atoms with E-state index < -0.39 is 12.1 Å². The van der Waals surface area contributed by atoms with Crippen molar-refractivity contribution in [1.82, 2.24) is 0 Å². The molecule has 0 bridgehead atoms. The maximum atomic E-state index is 10.8. The van der Waals surface area contributed by atoms with Crippen molar-refractivity contribution in [3.8, 4) is 0 Å². The van der Waals surface area contributed by atoms with Crippen LogP contribution in [-0.2, 0) is 9.53 Å². The summed E-state index contributed by atoms with van der Waals surface area (Å²) in [6, 6.07) is 0. The Hall–Kier alpha value is -0.830. The molecular formula is C9H16O3. The molecule has 0 aliphatic heterocycles. The fourth-order valence-electron chi connectivity index (χ4n) is 0.712. The fraction of sp³-hybridized carbons (Fsp3) is 0.667. The van der Waals surface area contributed by atoms with Crippen LogP contribution in [0.3, 0.4) is 0 Å². The van der Waals surface area contributed by atoms with E-state index in [0.29, 0.717) is 12.0 Å². The van der Waals surface area contributed by atoms with Crippen LogP contribution in [0.1, 0.15) is 26.7 Å². The van der Waals surface area contributed by atoms with Gasteiger partial charge in [-0.05, 0) is 13.3 Å². The highest BCUT2D eigenvalue weighted by atomic mass is 16.5. The summed E-state index contributed by atoms with van der Waals surface area (Å²) in [5, 5.41) is 9.17. The van der Waals surface area contributed by atoms with Gasteiger partial charge in [0.2, 0.25) is 0 Å². The van der Waals surface area contributed by atoms with E-state index >= 15 is 0 Å². The van der Waals surface area contributed by atoms with Crippen LogP contribution in [0, 0.1) is 0 Å². The Bertz CT molecular complexity index is 163. The zero-order valence-electron chi connectivity index (χ0n) is 7.67. The minimum absolute atomic E-state index is 0.0690. The van der Waals surface area contributed by atoms with E-state index in [1.54, 1.807) is 6.92 Å². The van der Waals surface area contributed by atoms with Crippen molar-refractivity contribution in [3.63, 3.8) is 0 Å². The molecule has 70 valence electrons. The Morgan fingerprint density at radius 3 is 2.67 bits per heavy atom. The molecular weight excluding hydrogens is 156 g/mol. The third-order valence-electron chi connectivity index (χ3n) is 1.38. The van der Waals surface area contributed by atoms with Gasteiger partial charge in [0.1, 0.15) is 6.61 Å². The van der Waals surface area contributed by atoms with Crippen LogP contribution in [0.2, 0.25) is 0 Å². The van der Waals surface area contributed by atoms with Gasteiger partial charge in [0, 0.05) is 5.57 Å². The predicted molar refractivity (Wildman–Crippen MR) is 46.7 cm³/mol. The Balaban J connectivity index is 3.54. The first-order valence-electron chi connectivity index (χ1n) is 4.08. The molecule has 0 saturated heterocycles. The van der Waals surface area contributed by atoms with E-state index in [9.17, 15) is 9.90 Å². The fourth-order valence-corrected chi connectivity index (χ4v) is 0.712. The molecule has 0 fully saturated rings. The van der Waals surface area contributed by atoms with Gasteiger partial charge in [0.25, 0.3) is 0 Å². The third-order valence-corrected chi connectivity index (χ3v) is 1.38. The van der Waals surface area contributed by atoms with Gasteiger partial charge in [-0.3, -0.25) is 0 Å². The van der Waals surface area contributed by atoms with Crippen LogP contribution in [0.4, 0.5) is 0 Å². The second kappa shape index (κ2) is 5.77. The standard InChI is InChI=1S/C9H16O3/c1-4-5-8(10)6-12-9(11)7(2)3/h8,10H,2,4-6H2,1,3H3. The summed E-state index contributed by atoms with van der Waals surface area (Å²) in [5.41, 5.74) is 0.360. The minimum Gasteiger partial charge on any atom is -0.460 e. The second-order valence-electron chi connectivity index (χ2n) is 2.82. The van der Waals surface area contributed by atoms with Gasteiger partial charge in [0.15, 0.2) is 0 Å². The van der Waals surface area contributed by atoms with Crippen molar-refractivity contribution in [1.29, 1.82) is 0 Å². The molecule has 3 heteroatoms. The summed E-state index contributed by atoms with van der Waals surface area (Å²) in [4.78, 5) is 10.8. The highest BCUT2D eigenvalue weighted by molar-refractivity contribution is 5.86. The van der Waals surface area contributed by atoms with E-state index in [-0.39, 0.29) is 6.61 Å². The van der Waals surface area contributed by atoms with Gasteiger partial charge in [0.05, 0.1) is 6.10 Å². The number of aliphatic hydroxyl groups is 1. The first-order chi connectivity index (χ1) is 5.57. The average Bonchev–Trinajstić information content (AvgIpc) is 2.00. The lowest BCUT2D eigenvalue weighted by atomic mass is 10.2. The molecule has 0 aromatic heterocycles. The van der Waals surface area contributed by atoms with Gasteiger partial charge in [-0.2, -0.15) is 0 Å². The quantitative estimate of drug-likeness (QED) is 0.501. The highest BCUT2D eigenvalue weighted by Crippen LogP contribution is 1.99. The van der Waals surface area contributed by atoms with Crippen LogP contribution < -0.4 is 0 Å². The van der Waals surface area contributed by atoms with E-state index in [1.807, 2.05) is 6.92 Å². The zero-order chi connectivity index (χ0) is 9.56. The molecule has 0 aliphatic carbocycles. The van der Waals surface area contributed by atoms with Crippen molar-refractivity contribution in [2.24, 2.45) is 0 Å². The summed E-state index contributed by atoms with van der Waals surface area (Å²) in [5.74, 6) is -0.440. The molecule has 0 amide bonds. The number of ether oxygens (including phenoxy) is 1. The molecule has 0 heterocycles. The first kappa shape index (κ1) is 11.2. The second-order valence-corrected chi connectivity index (χ2v) is 2.82. The topological polar surface area (TPSA) is 46.5 Å². The lowest BCUT2D eigenvalue weighted by Crippen LogP contribution is -2.18. The molecule has 3 nitrogen and oxygen atoms in total. The van der Waals surface area contributed by atoms with Gasteiger partial charge >= 0.3 is 5.97 Å². The van der Waals surface area contributed by atoms with Gasteiger partial charge in [-0.25, -0.2) is 4.79 Å². The van der Waals surface area contributed by atoms with Crippen LogP contribution >= 0.6 is 0 Å². The van der Waals surface area contributed by atoms with E-state index in [1.165, 1.54) is 0 Å². The Morgan fingerprint density at radius 1 is 1.67 bits per heavy atom. The summed E-state index contributed by atoms with van der Waals surface area (Å²) in [6.07, 6.45) is 0.994. The number of rotatable bonds is 5. The molecule has 0 saturated carbocycles. The van der Waals surface area contributed by atoms with Gasteiger partial charge in [-0.1, -0.05) is 19.9 Å². The molecule has 0 aromatic carbocycles. The minimum atomic E-state index is -0.543. The van der Waals surface area contributed by atoms with Crippen molar-refractivity contribution in [2.75, 3.05) is 6.61 Å². The molecule has 1 atom stereocenters. The van der Waals surface area contributed by atoms with Gasteiger partial charge in [-0.15, -0.1) is 0 Å². The molecule has 12 heavy (non-hydrogen) atoms. The van der Waals surface area contributed by atoms with Crippen molar-refractivity contribution < 1.29 is 14.6 Å². The van der Waals surface area contributed by atoms with Crippen LogP contribution in [0.5, 0.6) is 0 Å². The number of carbonyl (C=O) groups is 1. The number of carbonyl (C=O) groups excluding carboxylic acids is 1. The number of hydrogen-bond donors (Lipinski definition) is 1. The summed E-state index contributed by atoms with van der Waals surface area (Å²) in [7, 11) is 0. The summed E-state index contributed by atoms with van der Waals surface area (Å²) in [6.45, 7) is 7.03. The number of aliphatic hydroxyl groups excluding tert-OH is 1. The Morgan fingerprint density at radius 2 is 2.25 bits per heavy atom. The summed E-state index contributed by atoms with van der Waals surface area (Å²) >= 11 is 0. The monoisotopic (exact) mass is 172 g/mol. The molecule has 0 spiro atoms. The number of esters is 1. The maximum absolute atomic E-state index is 10.8. The highest BCUT2D eigenvalue weighted by Gasteiger charge is 2.07. The SMILES string of the molecule is C=C(C)C(=O)OCC(O)CCC. The van der Waals surface area contributed by atoms with E-state index in [2.05, 4.69) is 6.58 Å². The molecule has 1 unspecified atom stereocenters. The molecule has 0 aromatic rings. The van der Waals surface area contributed by atoms with Crippen molar-refractivity contribution >= 4 is 5.97 Å². The normalized spacial score (nSPS) is 12.2. The summed E-state index contributed by atoms with van der Waals surface area (Å²) < 4.78 is 4.73. The molecule has 1 N–H and O–H groups in total. The Kier molecular flexibility index (Phi) is 5.37. The van der Waals surface area contributed by atoms with Crippen molar-refractivity contribution in [2.45, 2.75) is 32.8 Å². The third kappa shape index (κ3) is 4.91. The van der Waals surface area contributed by atoms with E-state index in [4.69, 9.17) is 4.74 Å². The predicted octanol–water partition coefficient (Wildman–Crippen LogP) is 1.27. The Labute approximate surface area is 73.0 Å². The van der Waals surface area contributed by atoms with Crippen LogP contribution in [-0.4, -0.2) is 23.8 Å². The first-order valence-corrected chi connectivity index (χ1v) is 4.08. The molecule has 0 radical (unpaired) electrons. The average molecular weight is 172 g/mol. The smallest absolute Gasteiger partial charge is 0.333 e. The van der Waals surface area contributed by atoms with Crippen LogP contribution in [0.15, 0.2) is 12.2 Å². The van der Waals surface area contributed by atoms with Gasteiger partial charge < -0.3 is 9.84 Å². The lowest BCUT2D eigenvalue weighted by molar-refractivity contribution is -0.141. The molecule has 0 aliphatic rings. The number of hydrogen-bond acceptors (Lipinski definition) is 3. The van der Waals surface area contributed by atoms with Crippen molar-refractivity contribution in [3.05, 3.63) is 12.2 Å². The van der Waals surface area contributed by atoms with Crippen LogP contribution in [0.25, 0.3) is 0 Å². The maximum Gasteiger partial charge on any atom is 0.333 e. The largest absolute Gasteiger partial charge is 0.460 e. The lowest BCUT2D eigenvalue weighted by Gasteiger charge is -2.09. The van der Waals surface area contributed by atoms with E-state index in [0.717, 1.165) is 6.42 Å². The molecule has 0 rings (SSSR count). The zero-order valence-corrected chi connectivity index (χ0v) is 7.67.